The largest absolute Gasteiger partial charge is 0.386 e. The number of benzene rings is 1. The number of carbonyl (C=O) groups excluding carboxylic acids is 1. The van der Waals surface area contributed by atoms with E-state index in [4.69, 9.17) is 4.52 Å². The third-order valence-corrected chi connectivity index (χ3v) is 5.86. The van der Waals surface area contributed by atoms with E-state index in [1.165, 1.54) is 23.5 Å². The van der Waals surface area contributed by atoms with Crippen molar-refractivity contribution in [3.8, 4) is 11.3 Å². The Bertz CT molecular complexity index is 964. The van der Waals surface area contributed by atoms with Gasteiger partial charge in [-0.3, -0.25) is 4.79 Å². The van der Waals surface area contributed by atoms with Crippen LogP contribution in [0.2, 0.25) is 0 Å². The summed E-state index contributed by atoms with van der Waals surface area (Å²) >= 11 is 1.43. The Hall–Kier alpha value is -2.65. The minimum atomic E-state index is -0.596. The molecule has 1 aromatic carbocycles. The van der Waals surface area contributed by atoms with Crippen LogP contribution < -0.4 is 5.32 Å². The predicted molar refractivity (Wildman–Crippen MR) is 100 cm³/mol. The monoisotopic (exact) mass is 402 g/mol. The van der Waals surface area contributed by atoms with E-state index >= 15 is 0 Å². The molecule has 1 atom stereocenters. The highest BCUT2D eigenvalue weighted by Crippen LogP contribution is 2.32. The molecule has 1 amide bonds. The summed E-state index contributed by atoms with van der Waals surface area (Å²) in [6.07, 6.45) is 1.91. The zero-order chi connectivity index (χ0) is 19.7. The molecule has 2 aromatic heterocycles. The molecule has 28 heavy (non-hydrogen) atoms. The van der Waals surface area contributed by atoms with Gasteiger partial charge in [0.1, 0.15) is 27.6 Å². The van der Waals surface area contributed by atoms with Crippen LogP contribution in [0.15, 0.2) is 34.9 Å². The molecule has 1 fully saturated rings. The Morgan fingerprint density at radius 3 is 2.79 bits per heavy atom. The quantitative estimate of drug-likeness (QED) is 0.657. The molecular weight excluding hydrogens is 383 g/mol. The number of nitrogens with zero attached hydrogens (tertiary/aromatic N) is 3. The van der Waals surface area contributed by atoms with Crippen LogP contribution >= 0.6 is 11.3 Å². The van der Waals surface area contributed by atoms with Crippen molar-refractivity contribution < 1.29 is 18.8 Å². The Morgan fingerprint density at radius 1 is 1.36 bits per heavy atom. The number of halogens is 1. The van der Waals surface area contributed by atoms with Crippen LogP contribution in [-0.2, 0) is 6.42 Å². The first kappa shape index (κ1) is 18.7. The molecule has 0 aliphatic heterocycles. The molecule has 0 spiro atoms. The van der Waals surface area contributed by atoms with E-state index in [1.54, 1.807) is 25.1 Å². The maximum absolute atomic E-state index is 13.0. The molecule has 3 aromatic rings. The number of hydrogen-bond donors (Lipinski definition) is 2. The molecule has 0 bridgehead atoms. The molecule has 0 unspecified atom stereocenters. The highest BCUT2D eigenvalue weighted by atomic mass is 32.1. The molecule has 2 N–H and O–H groups in total. The second kappa shape index (κ2) is 7.76. The molecule has 0 radical (unpaired) electrons. The summed E-state index contributed by atoms with van der Waals surface area (Å²) in [5, 5.41) is 25.9. The Labute approximate surface area is 164 Å². The summed E-state index contributed by atoms with van der Waals surface area (Å²) in [4.78, 5) is 12.3. The lowest BCUT2D eigenvalue weighted by Gasteiger charge is -2.35. The first-order valence-corrected chi connectivity index (χ1v) is 9.83. The lowest BCUT2D eigenvalue weighted by Crippen LogP contribution is -2.44. The number of aromatic nitrogens is 3. The van der Waals surface area contributed by atoms with Crippen LogP contribution in [0.4, 0.5) is 4.39 Å². The van der Waals surface area contributed by atoms with Crippen LogP contribution in [0, 0.1) is 11.7 Å². The van der Waals surface area contributed by atoms with Gasteiger partial charge in [0.05, 0.1) is 0 Å². The second-order valence-corrected chi connectivity index (χ2v) is 8.10. The third kappa shape index (κ3) is 4.10. The average Bonchev–Trinajstić information content (AvgIpc) is 3.30. The highest BCUT2D eigenvalue weighted by Gasteiger charge is 2.32. The van der Waals surface area contributed by atoms with Crippen molar-refractivity contribution in [2.45, 2.75) is 38.3 Å². The van der Waals surface area contributed by atoms with Crippen LogP contribution in [0.5, 0.6) is 0 Å². The van der Waals surface area contributed by atoms with Gasteiger partial charge in [-0.1, -0.05) is 16.5 Å². The van der Waals surface area contributed by atoms with Gasteiger partial charge in [-0.2, -0.15) is 0 Å². The standard InChI is InChI=1S/C19H19FN4O3S/c1-10(25)19-23-22-17(28-19)8-11-6-14(7-11)21-18(26)16-9-15(24-27-16)12-2-4-13(20)5-3-12/h2-5,9-11,14,25H,6-8H2,1H3,(H,21,26)/t10-,11?,14?/m1/s1. The van der Waals surface area contributed by atoms with Gasteiger partial charge in [0.2, 0.25) is 5.76 Å². The molecule has 0 saturated heterocycles. The first-order chi connectivity index (χ1) is 13.5. The lowest BCUT2D eigenvalue weighted by molar-refractivity contribution is 0.0852. The minimum absolute atomic E-state index is 0.0843. The fourth-order valence-electron chi connectivity index (χ4n) is 3.18. The lowest BCUT2D eigenvalue weighted by atomic mass is 9.78. The number of aliphatic hydroxyl groups excluding tert-OH is 1. The Morgan fingerprint density at radius 2 is 2.11 bits per heavy atom. The van der Waals surface area contributed by atoms with Gasteiger partial charge in [0, 0.05) is 24.1 Å². The summed E-state index contributed by atoms with van der Waals surface area (Å²) in [6.45, 7) is 1.67. The van der Waals surface area contributed by atoms with Crippen molar-refractivity contribution in [1.82, 2.24) is 20.7 Å². The van der Waals surface area contributed by atoms with Gasteiger partial charge in [0.15, 0.2) is 0 Å². The molecular formula is C19H19FN4O3S. The van der Waals surface area contributed by atoms with Gasteiger partial charge < -0.3 is 14.9 Å². The Balaban J connectivity index is 1.28. The summed E-state index contributed by atoms with van der Waals surface area (Å²) in [5.74, 6) is -0.0740. The van der Waals surface area contributed by atoms with Crippen LogP contribution in [0.3, 0.4) is 0 Å². The molecule has 7 nitrogen and oxygen atoms in total. The second-order valence-electron chi connectivity index (χ2n) is 7.01. The number of nitrogens with one attached hydrogen (secondary N) is 1. The summed E-state index contributed by atoms with van der Waals surface area (Å²) < 4.78 is 18.1. The van der Waals surface area contributed by atoms with Gasteiger partial charge >= 0.3 is 0 Å². The van der Waals surface area contributed by atoms with Crippen LogP contribution in [0.25, 0.3) is 11.3 Å². The maximum atomic E-state index is 13.0. The Kier molecular flexibility index (Phi) is 5.19. The maximum Gasteiger partial charge on any atom is 0.290 e. The smallest absolute Gasteiger partial charge is 0.290 e. The molecule has 1 aliphatic rings. The van der Waals surface area contributed by atoms with E-state index in [1.807, 2.05) is 0 Å². The predicted octanol–water partition coefficient (Wildman–Crippen LogP) is 3.14. The molecule has 2 heterocycles. The molecule has 9 heteroatoms. The topological polar surface area (TPSA) is 101 Å². The number of carbonyl (C=O) groups is 1. The van der Waals surface area contributed by atoms with Crippen molar-refractivity contribution in [3.05, 3.63) is 51.9 Å². The van der Waals surface area contributed by atoms with E-state index in [-0.39, 0.29) is 23.5 Å². The summed E-state index contributed by atoms with van der Waals surface area (Å²) in [5.41, 5.74) is 1.17. The number of amides is 1. The molecule has 1 aliphatic carbocycles. The summed E-state index contributed by atoms with van der Waals surface area (Å²) in [7, 11) is 0. The number of aliphatic hydroxyl groups is 1. The van der Waals surface area contributed by atoms with E-state index in [9.17, 15) is 14.3 Å². The van der Waals surface area contributed by atoms with Crippen LogP contribution in [0.1, 0.15) is 46.4 Å². The van der Waals surface area contributed by atoms with Crippen molar-refractivity contribution >= 4 is 17.2 Å². The van der Waals surface area contributed by atoms with E-state index in [0.717, 1.165) is 24.3 Å². The average molecular weight is 402 g/mol. The first-order valence-electron chi connectivity index (χ1n) is 9.02. The fraction of sp³-hybridized carbons (Fsp3) is 0.368. The van der Waals surface area contributed by atoms with Gasteiger partial charge in [-0.15, -0.1) is 10.2 Å². The van der Waals surface area contributed by atoms with Crippen molar-refractivity contribution in [1.29, 1.82) is 0 Å². The normalized spacial score (nSPS) is 19.8. The van der Waals surface area contributed by atoms with Gasteiger partial charge in [0.25, 0.3) is 5.91 Å². The molecule has 146 valence electrons. The van der Waals surface area contributed by atoms with Gasteiger partial charge in [-0.05, 0) is 49.9 Å². The van der Waals surface area contributed by atoms with Crippen LogP contribution in [-0.4, -0.2) is 32.4 Å². The number of rotatable bonds is 6. The minimum Gasteiger partial charge on any atom is -0.386 e. The van der Waals surface area contributed by atoms with Gasteiger partial charge in [-0.25, -0.2) is 4.39 Å². The van der Waals surface area contributed by atoms with E-state index < -0.39 is 6.10 Å². The summed E-state index contributed by atoms with van der Waals surface area (Å²) in [6, 6.07) is 7.48. The molecule has 4 rings (SSSR count). The molecule has 1 saturated carbocycles. The zero-order valence-electron chi connectivity index (χ0n) is 15.1. The van der Waals surface area contributed by atoms with E-state index in [0.29, 0.717) is 22.2 Å². The highest BCUT2D eigenvalue weighted by molar-refractivity contribution is 7.11. The van der Waals surface area contributed by atoms with Crippen molar-refractivity contribution in [2.75, 3.05) is 0 Å². The van der Waals surface area contributed by atoms with Crippen molar-refractivity contribution in [2.24, 2.45) is 5.92 Å². The fourth-order valence-corrected chi connectivity index (χ4v) is 4.07. The van der Waals surface area contributed by atoms with Crippen molar-refractivity contribution in [3.63, 3.8) is 0 Å². The van der Waals surface area contributed by atoms with E-state index in [2.05, 4.69) is 20.7 Å². The SMILES string of the molecule is C[C@@H](O)c1nnc(CC2CC(NC(=O)c3cc(-c4ccc(F)cc4)no3)C2)s1. The zero-order valence-corrected chi connectivity index (χ0v) is 15.9. The number of hydrogen-bond acceptors (Lipinski definition) is 7. The third-order valence-electron chi connectivity index (χ3n) is 4.75.